The standard InChI is InChI=1S/C22H33N3O6S/c1-3-30-19-9-8-18(16-20(19)32(28,29)25-12-6-5-7-13-25)23-21(26)17-10-14-24(15-11-17)22(27)31-4-2/h8-9,16-17H,3-7,10-15H2,1-2H3,(H,23,26). The van der Waals surface area contributed by atoms with Gasteiger partial charge in [-0.25, -0.2) is 13.2 Å². The van der Waals surface area contributed by atoms with Gasteiger partial charge in [0.25, 0.3) is 0 Å². The Balaban J connectivity index is 1.71. The first-order valence-electron chi connectivity index (χ1n) is 11.4. The minimum absolute atomic E-state index is 0.0798. The Labute approximate surface area is 190 Å². The first-order valence-corrected chi connectivity index (χ1v) is 12.8. The van der Waals surface area contributed by atoms with Crippen LogP contribution in [-0.2, 0) is 19.6 Å². The predicted molar refractivity (Wildman–Crippen MR) is 120 cm³/mol. The molecular formula is C22H33N3O6S. The van der Waals surface area contributed by atoms with Gasteiger partial charge < -0.3 is 19.7 Å². The second-order valence-electron chi connectivity index (χ2n) is 8.01. The van der Waals surface area contributed by atoms with E-state index in [0.717, 1.165) is 19.3 Å². The van der Waals surface area contributed by atoms with Crippen molar-refractivity contribution in [2.45, 2.75) is 50.8 Å². The normalized spacial score (nSPS) is 18.2. The quantitative estimate of drug-likeness (QED) is 0.661. The molecule has 9 nitrogen and oxygen atoms in total. The summed E-state index contributed by atoms with van der Waals surface area (Å²) in [5.74, 6) is -0.146. The van der Waals surface area contributed by atoms with Crippen molar-refractivity contribution >= 4 is 27.7 Å². The number of piperidine rings is 2. The summed E-state index contributed by atoms with van der Waals surface area (Å²) >= 11 is 0. The molecule has 2 heterocycles. The fraction of sp³-hybridized carbons (Fsp3) is 0.636. The maximum Gasteiger partial charge on any atom is 0.409 e. The minimum Gasteiger partial charge on any atom is -0.492 e. The lowest BCUT2D eigenvalue weighted by atomic mass is 9.96. The number of carbonyl (C=O) groups excluding carboxylic acids is 2. The summed E-state index contributed by atoms with van der Waals surface area (Å²) in [5.41, 5.74) is 0.418. The molecular weight excluding hydrogens is 434 g/mol. The van der Waals surface area contributed by atoms with Crippen molar-refractivity contribution in [3.8, 4) is 5.75 Å². The fourth-order valence-electron chi connectivity index (χ4n) is 4.09. The van der Waals surface area contributed by atoms with E-state index in [1.54, 1.807) is 30.9 Å². The van der Waals surface area contributed by atoms with Gasteiger partial charge in [-0.2, -0.15) is 4.31 Å². The summed E-state index contributed by atoms with van der Waals surface area (Å²) in [4.78, 5) is 26.3. The molecule has 0 atom stereocenters. The molecule has 0 radical (unpaired) electrons. The monoisotopic (exact) mass is 467 g/mol. The summed E-state index contributed by atoms with van der Waals surface area (Å²) in [6.45, 7) is 6.11. The van der Waals surface area contributed by atoms with Crippen molar-refractivity contribution in [3.05, 3.63) is 18.2 Å². The Morgan fingerprint density at radius 1 is 1.03 bits per heavy atom. The highest BCUT2D eigenvalue weighted by atomic mass is 32.2. The summed E-state index contributed by atoms with van der Waals surface area (Å²) in [5, 5.41) is 2.85. The molecule has 2 fully saturated rings. The molecule has 0 spiro atoms. The molecule has 0 aliphatic carbocycles. The van der Waals surface area contributed by atoms with Crippen molar-refractivity contribution < 1.29 is 27.5 Å². The van der Waals surface area contributed by atoms with Gasteiger partial charge >= 0.3 is 6.09 Å². The van der Waals surface area contributed by atoms with Crippen LogP contribution < -0.4 is 10.1 Å². The SMILES string of the molecule is CCOC(=O)N1CCC(C(=O)Nc2ccc(OCC)c(S(=O)(=O)N3CCCCC3)c2)CC1. The predicted octanol–water partition coefficient (Wildman–Crippen LogP) is 3.07. The van der Waals surface area contributed by atoms with Crippen molar-refractivity contribution in [2.24, 2.45) is 5.92 Å². The lowest BCUT2D eigenvalue weighted by Gasteiger charge is -2.30. The highest BCUT2D eigenvalue weighted by Crippen LogP contribution is 2.32. The Morgan fingerprint density at radius 3 is 2.34 bits per heavy atom. The summed E-state index contributed by atoms with van der Waals surface area (Å²) < 4.78 is 38.6. The van der Waals surface area contributed by atoms with Crippen LogP contribution in [0.2, 0.25) is 0 Å². The number of nitrogens with zero attached hydrogens (tertiary/aromatic N) is 2. The van der Waals surface area contributed by atoms with Gasteiger partial charge in [-0.1, -0.05) is 6.42 Å². The second-order valence-corrected chi connectivity index (χ2v) is 9.92. The third-order valence-electron chi connectivity index (χ3n) is 5.84. The van der Waals surface area contributed by atoms with E-state index in [9.17, 15) is 18.0 Å². The average molecular weight is 468 g/mol. The van der Waals surface area contributed by atoms with Crippen LogP contribution in [0.4, 0.5) is 10.5 Å². The van der Waals surface area contributed by atoms with E-state index in [2.05, 4.69) is 5.32 Å². The Morgan fingerprint density at radius 2 is 1.72 bits per heavy atom. The molecule has 32 heavy (non-hydrogen) atoms. The number of anilines is 1. The van der Waals surface area contributed by atoms with Crippen LogP contribution in [0.5, 0.6) is 5.75 Å². The number of hydrogen-bond donors (Lipinski definition) is 1. The van der Waals surface area contributed by atoms with Crippen molar-refractivity contribution in [1.29, 1.82) is 0 Å². The minimum atomic E-state index is -3.72. The largest absolute Gasteiger partial charge is 0.492 e. The van der Waals surface area contributed by atoms with E-state index in [-0.39, 0.29) is 22.8 Å². The van der Waals surface area contributed by atoms with E-state index < -0.39 is 10.0 Å². The van der Waals surface area contributed by atoms with E-state index in [4.69, 9.17) is 9.47 Å². The zero-order valence-electron chi connectivity index (χ0n) is 18.8. The maximum atomic E-state index is 13.3. The number of amides is 2. The van der Waals surface area contributed by atoms with Gasteiger partial charge in [0.1, 0.15) is 10.6 Å². The lowest BCUT2D eigenvalue weighted by Crippen LogP contribution is -2.41. The molecule has 1 N–H and O–H groups in total. The molecule has 2 saturated heterocycles. The van der Waals surface area contributed by atoms with Gasteiger partial charge in [0.2, 0.25) is 15.9 Å². The van der Waals surface area contributed by atoms with Crippen LogP contribution in [0.25, 0.3) is 0 Å². The highest BCUT2D eigenvalue weighted by Gasteiger charge is 2.31. The molecule has 1 aromatic rings. The molecule has 0 bridgehead atoms. The van der Waals surface area contributed by atoms with Gasteiger partial charge in [0.05, 0.1) is 13.2 Å². The van der Waals surface area contributed by atoms with Crippen LogP contribution in [0.3, 0.4) is 0 Å². The third kappa shape index (κ3) is 5.72. The number of nitrogens with one attached hydrogen (secondary N) is 1. The Bertz CT molecular complexity index is 906. The zero-order chi connectivity index (χ0) is 23.1. The number of rotatable bonds is 7. The van der Waals surface area contributed by atoms with E-state index >= 15 is 0 Å². The number of sulfonamides is 1. The number of benzene rings is 1. The molecule has 1 aromatic carbocycles. The van der Waals surface area contributed by atoms with Crippen LogP contribution in [0.15, 0.2) is 23.1 Å². The van der Waals surface area contributed by atoms with Gasteiger partial charge in [0, 0.05) is 37.8 Å². The number of carbonyl (C=O) groups is 2. The Kier molecular flexibility index (Phi) is 8.36. The van der Waals surface area contributed by atoms with Gasteiger partial charge in [-0.3, -0.25) is 4.79 Å². The maximum absolute atomic E-state index is 13.3. The molecule has 3 rings (SSSR count). The number of ether oxygens (including phenoxy) is 2. The van der Waals surface area contributed by atoms with Crippen molar-refractivity contribution in [3.63, 3.8) is 0 Å². The molecule has 0 unspecified atom stereocenters. The van der Waals surface area contributed by atoms with Crippen LogP contribution in [0, 0.1) is 5.92 Å². The third-order valence-corrected chi connectivity index (χ3v) is 7.76. The summed E-state index contributed by atoms with van der Waals surface area (Å²) in [7, 11) is -3.72. The van der Waals surface area contributed by atoms with E-state index in [0.29, 0.717) is 63.7 Å². The topological polar surface area (TPSA) is 105 Å². The molecule has 2 aliphatic rings. The van der Waals surface area contributed by atoms with Crippen LogP contribution >= 0.6 is 0 Å². The molecule has 2 amide bonds. The fourth-order valence-corrected chi connectivity index (χ4v) is 5.76. The molecule has 2 aliphatic heterocycles. The average Bonchev–Trinajstić information content (AvgIpc) is 2.81. The van der Waals surface area contributed by atoms with Crippen molar-refractivity contribution in [1.82, 2.24) is 9.21 Å². The molecule has 10 heteroatoms. The second kappa shape index (κ2) is 11.0. The van der Waals surface area contributed by atoms with E-state index in [1.165, 1.54) is 10.4 Å². The van der Waals surface area contributed by atoms with Crippen LogP contribution in [-0.4, -0.2) is 69.0 Å². The van der Waals surface area contributed by atoms with Gasteiger partial charge in [-0.15, -0.1) is 0 Å². The number of likely N-dealkylation sites (tertiary alicyclic amines) is 1. The van der Waals surface area contributed by atoms with Gasteiger partial charge in [-0.05, 0) is 57.7 Å². The summed E-state index contributed by atoms with van der Waals surface area (Å²) in [6.07, 6.45) is 3.40. The highest BCUT2D eigenvalue weighted by molar-refractivity contribution is 7.89. The first-order chi connectivity index (χ1) is 15.4. The zero-order valence-corrected chi connectivity index (χ0v) is 19.7. The first kappa shape index (κ1) is 24.3. The van der Waals surface area contributed by atoms with Gasteiger partial charge in [0.15, 0.2) is 0 Å². The van der Waals surface area contributed by atoms with Crippen molar-refractivity contribution in [2.75, 3.05) is 44.7 Å². The Hall–Kier alpha value is -2.33. The van der Waals surface area contributed by atoms with E-state index in [1.807, 2.05) is 0 Å². The van der Waals surface area contributed by atoms with Crippen LogP contribution in [0.1, 0.15) is 46.0 Å². The molecule has 0 saturated carbocycles. The molecule has 0 aromatic heterocycles. The lowest BCUT2D eigenvalue weighted by molar-refractivity contribution is -0.121. The summed E-state index contributed by atoms with van der Waals surface area (Å²) in [6, 6.07) is 4.74. The smallest absolute Gasteiger partial charge is 0.409 e. The number of hydrogen-bond acceptors (Lipinski definition) is 6. The molecule has 178 valence electrons.